The van der Waals surface area contributed by atoms with Gasteiger partial charge in [-0.05, 0) is 25.8 Å². The van der Waals surface area contributed by atoms with Crippen LogP contribution in [0.4, 0.5) is 4.79 Å². The Balaban J connectivity index is 2.57. The number of carbonyl (C=O) groups is 3. The zero-order valence-electron chi connectivity index (χ0n) is 13.8. The highest BCUT2D eigenvalue weighted by Crippen LogP contribution is 2.07. The first-order valence-corrected chi connectivity index (χ1v) is 7.40. The number of rotatable bonds is 6. The molecule has 2 atom stereocenters. The second kappa shape index (κ2) is 8.16. The molecule has 0 aliphatic rings. The molecule has 0 aliphatic heterocycles. The summed E-state index contributed by atoms with van der Waals surface area (Å²) in [5, 5.41) is 6.54. The van der Waals surface area contributed by atoms with Crippen LogP contribution in [0.3, 0.4) is 0 Å². The highest BCUT2D eigenvalue weighted by molar-refractivity contribution is 5.88. The average molecular weight is 324 g/mol. The van der Waals surface area contributed by atoms with Crippen LogP contribution in [0.1, 0.15) is 31.7 Å². The first-order chi connectivity index (χ1) is 10.7. The van der Waals surface area contributed by atoms with E-state index in [-0.39, 0.29) is 12.5 Å². The Hall–Kier alpha value is -2.58. The van der Waals surface area contributed by atoms with E-state index in [0.29, 0.717) is 6.42 Å². The summed E-state index contributed by atoms with van der Waals surface area (Å²) in [7, 11) is 0. The number of urea groups is 1. The smallest absolute Gasteiger partial charge is 0.312 e. The van der Waals surface area contributed by atoms with E-state index in [0.717, 1.165) is 11.4 Å². The maximum absolute atomic E-state index is 12.1. The molecule has 0 radical (unpaired) electrons. The van der Waals surface area contributed by atoms with Gasteiger partial charge in [-0.3, -0.25) is 25.1 Å². The van der Waals surface area contributed by atoms with Gasteiger partial charge in [0.1, 0.15) is 12.6 Å². The zero-order valence-corrected chi connectivity index (χ0v) is 13.8. The normalized spacial score (nSPS) is 13.0. The lowest BCUT2D eigenvalue weighted by Gasteiger charge is -2.22. The van der Waals surface area contributed by atoms with Crippen molar-refractivity contribution in [2.24, 2.45) is 11.7 Å². The van der Waals surface area contributed by atoms with Crippen molar-refractivity contribution in [2.75, 3.05) is 0 Å². The van der Waals surface area contributed by atoms with Crippen molar-refractivity contribution >= 4 is 17.8 Å². The molecule has 0 spiro atoms. The molecule has 1 aromatic heterocycles. The van der Waals surface area contributed by atoms with Crippen molar-refractivity contribution in [3.05, 3.63) is 17.5 Å². The molecule has 0 aliphatic carbocycles. The standard InChI is InChI=1S/C14H24N6O3/c1-5-8(2)12(16-14(15)23)13(22)18-17-11(21)7-20-10(4)6-9(3)19-20/h6,8,12H,5,7H2,1-4H3,(H,17,21)(H,18,22)(H3,15,16,23). The van der Waals surface area contributed by atoms with E-state index in [1.807, 2.05) is 26.8 Å². The Morgan fingerprint density at radius 3 is 2.43 bits per heavy atom. The maximum Gasteiger partial charge on any atom is 0.312 e. The lowest BCUT2D eigenvalue weighted by molar-refractivity contribution is -0.131. The Morgan fingerprint density at radius 1 is 1.30 bits per heavy atom. The third-order valence-corrected chi connectivity index (χ3v) is 3.52. The van der Waals surface area contributed by atoms with E-state index in [9.17, 15) is 14.4 Å². The number of primary amides is 1. The summed E-state index contributed by atoms with van der Waals surface area (Å²) in [6.07, 6.45) is 0.665. The summed E-state index contributed by atoms with van der Waals surface area (Å²) in [6, 6.07) is 0.243. The van der Waals surface area contributed by atoms with Crippen molar-refractivity contribution < 1.29 is 14.4 Å². The minimum atomic E-state index is -0.813. The molecule has 9 nitrogen and oxygen atoms in total. The van der Waals surface area contributed by atoms with E-state index in [1.165, 1.54) is 4.68 Å². The molecule has 0 aromatic carbocycles. The topological polar surface area (TPSA) is 131 Å². The minimum absolute atomic E-state index is 0.0167. The van der Waals surface area contributed by atoms with Crippen LogP contribution < -0.4 is 21.9 Å². The molecule has 0 saturated carbocycles. The van der Waals surface area contributed by atoms with Crippen molar-refractivity contribution in [3.63, 3.8) is 0 Å². The molecule has 0 saturated heterocycles. The Labute approximate surface area is 134 Å². The van der Waals surface area contributed by atoms with Gasteiger partial charge < -0.3 is 11.1 Å². The van der Waals surface area contributed by atoms with Crippen LogP contribution in [0, 0.1) is 19.8 Å². The molecule has 0 fully saturated rings. The molecule has 2 unspecified atom stereocenters. The summed E-state index contributed by atoms with van der Waals surface area (Å²) in [6.45, 7) is 7.33. The summed E-state index contributed by atoms with van der Waals surface area (Å²) in [5.41, 5.74) is 11.3. The largest absolute Gasteiger partial charge is 0.352 e. The Bertz CT molecular complexity index is 583. The fraction of sp³-hybridized carbons (Fsp3) is 0.571. The molecule has 9 heteroatoms. The highest BCUT2D eigenvalue weighted by atomic mass is 16.2. The van der Waals surface area contributed by atoms with Gasteiger partial charge >= 0.3 is 6.03 Å². The molecule has 128 valence electrons. The van der Waals surface area contributed by atoms with Gasteiger partial charge in [0.05, 0.1) is 5.69 Å². The molecular weight excluding hydrogens is 300 g/mol. The molecule has 5 N–H and O–H groups in total. The van der Waals surface area contributed by atoms with Gasteiger partial charge in [-0.1, -0.05) is 20.3 Å². The summed E-state index contributed by atoms with van der Waals surface area (Å²) < 4.78 is 1.53. The third kappa shape index (κ3) is 5.61. The van der Waals surface area contributed by atoms with Crippen molar-refractivity contribution in [1.82, 2.24) is 25.9 Å². The predicted molar refractivity (Wildman–Crippen MR) is 83.9 cm³/mol. The Morgan fingerprint density at radius 2 is 1.96 bits per heavy atom. The second-order valence-corrected chi connectivity index (χ2v) is 5.49. The number of carbonyl (C=O) groups excluding carboxylic acids is 3. The maximum atomic E-state index is 12.1. The van der Waals surface area contributed by atoms with Crippen LogP contribution in [-0.4, -0.2) is 33.7 Å². The number of nitrogens with one attached hydrogen (secondary N) is 3. The van der Waals surface area contributed by atoms with Gasteiger partial charge in [-0.25, -0.2) is 4.79 Å². The van der Waals surface area contributed by atoms with E-state index in [4.69, 9.17) is 5.73 Å². The number of aromatic nitrogens is 2. The van der Waals surface area contributed by atoms with Crippen LogP contribution in [0.5, 0.6) is 0 Å². The Kier molecular flexibility index (Phi) is 6.55. The van der Waals surface area contributed by atoms with Crippen LogP contribution in [0.15, 0.2) is 6.07 Å². The molecule has 0 bridgehead atoms. The van der Waals surface area contributed by atoms with Crippen molar-refractivity contribution in [3.8, 4) is 0 Å². The number of hydrazine groups is 1. The summed E-state index contributed by atoms with van der Waals surface area (Å²) >= 11 is 0. The molecule has 23 heavy (non-hydrogen) atoms. The van der Waals surface area contributed by atoms with Gasteiger partial charge in [0, 0.05) is 5.69 Å². The summed E-state index contributed by atoms with van der Waals surface area (Å²) in [5.74, 6) is -1.08. The van der Waals surface area contributed by atoms with E-state index in [2.05, 4.69) is 21.3 Å². The fourth-order valence-electron chi connectivity index (χ4n) is 2.07. The second-order valence-electron chi connectivity index (χ2n) is 5.49. The van der Waals surface area contributed by atoms with E-state index >= 15 is 0 Å². The molecule has 1 rings (SSSR count). The number of amides is 4. The molecular formula is C14H24N6O3. The first kappa shape index (κ1) is 18.5. The highest BCUT2D eigenvalue weighted by Gasteiger charge is 2.25. The quantitative estimate of drug-likeness (QED) is 0.536. The van der Waals surface area contributed by atoms with Gasteiger partial charge in [0.15, 0.2) is 0 Å². The van der Waals surface area contributed by atoms with E-state index < -0.39 is 23.9 Å². The number of nitrogens with two attached hydrogens (primary N) is 1. The fourth-order valence-corrected chi connectivity index (χ4v) is 2.07. The van der Waals surface area contributed by atoms with Crippen molar-refractivity contribution in [2.45, 2.75) is 46.7 Å². The van der Waals surface area contributed by atoms with Crippen LogP contribution in [-0.2, 0) is 16.1 Å². The van der Waals surface area contributed by atoms with Gasteiger partial charge in [-0.2, -0.15) is 5.10 Å². The predicted octanol–water partition coefficient (Wildman–Crippen LogP) is -0.270. The minimum Gasteiger partial charge on any atom is -0.352 e. The zero-order chi connectivity index (χ0) is 17.6. The third-order valence-electron chi connectivity index (χ3n) is 3.52. The van der Waals surface area contributed by atoms with Gasteiger partial charge in [0.25, 0.3) is 11.8 Å². The number of nitrogens with zero attached hydrogens (tertiary/aromatic N) is 2. The average Bonchev–Trinajstić information content (AvgIpc) is 2.79. The molecule has 1 heterocycles. The van der Waals surface area contributed by atoms with Crippen molar-refractivity contribution in [1.29, 1.82) is 0 Å². The monoisotopic (exact) mass is 324 g/mol. The van der Waals surface area contributed by atoms with Gasteiger partial charge in [0.2, 0.25) is 0 Å². The van der Waals surface area contributed by atoms with Crippen LogP contribution >= 0.6 is 0 Å². The van der Waals surface area contributed by atoms with E-state index in [1.54, 1.807) is 6.92 Å². The number of hydrogen-bond acceptors (Lipinski definition) is 4. The number of aryl methyl sites for hydroxylation is 2. The SMILES string of the molecule is CCC(C)C(NC(N)=O)C(=O)NNC(=O)Cn1nc(C)cc1C. The first-order valence-electron chi connectivity index (χ1n) is 7.40. The van der Waals surface area contributed by atoms with Crippen LogP contribution in [0.25, 0.3) is 0 Å². The molecule has 4 amide bonds. The lowest BCUT2D eigenvalue weighted by atomic mass is 9.99. The van der Waals surface area contributed by atoms with Gasteiger partial charge in [-0.15, -0.1) is 0 Å². The summed E-state index contributed by atoms with van der Waals surface area (Å²) in [4.78, 5) is 34.9. The van der Waals surface area contributed by atoms with Crippen LogP contribution in [0.2, 0.25) is 0 Å². The molecule has 1 aromatic rings. The lowest BCUT2D eigenvalue weighted by Crippen LogP contribution is -2.56. The number of hydrogen-bond donors (Lipinski definition) is 4.